The third-order valence-electron chi connectivity index (χ3n) is 5.82. The summed E-state index contributed by atoms with van der Waals surface area (Å²) in [5.74, 6) is 0.405. The molecule has 2 aromatic carbocycles. The Morgan fingerprint density at radius 3 is 2.33 bits per heavy atom. The highest BCUT2D eigenvalue weighted by Crippen LogP contribution is 2.33. The number of likely N-dealkylation sites (N-methyl/N-ethyl adjacent to an activating group) is 2. The largest absolute Gasteiger partial charge is 0.464 e. The molecular formula is C25H24N2O3. The molecule has 1 atom stereocenters. The number of carbonyl (C=O) groups is 2. The standard InChI is InChI=1S/C25H24N2O3/c1-25(17-18-10-5-4-6-11-18)24(29)26(2)21(23(28)27(25)3)16-19-12-7-8-13-20(19)22-14-9-15-30-22/h4-16H,17H2,1-3H3/b21-16-. The maximum absolute atomic E-state index is 13.4. The molecule has 0 N–H and O–H groups in total. The molecule has 1 fully saturated rings. The van der Waals surface area contributed by atoms with Crippen molar-refractivity contribution < 1.29 is 14.0 Å². The van der Waals surface area contributed by atoms with E-state index in [0.29, 0.717) is 17.9 Å². The van der Waals surface area contributed by atoms with Crippen molar-refractivity contribution in [1.29, 1.82) is 0 Å². The summed E-state index contributed by atoms with van der Waals surface area (Å²) in [4.78, 5) is 29.8. The van der Waals surface area contributed by atoms with E-state index >= 15 is 0 Å². The van der Waals surface area contributed by atoms with Crippen molar-refractivity contribution in [1.82, 2.24) is 9.80 Å². The predicted octanol–water partition coefficient (Wildman–Crippen LogP) is 4.22. The summed E-state index contributed by atoms with van der Waals surface area (Å²) in [5, 5.41) is 0. The van der Waals surface area contributed by atoms with Crippen LogP contribution in [0.25, 0.3) is 17.4 Å². The quantitative estimate of drug-likeness (QED) is 0.616. The van der Waals surface area contributed by atoms with Crippen LogP contribution in [0.3, 0.4) is 0 Å². The van der Waals surface area contributed by atoms with Crippen LogP contribution in [0, 0.1) is 0 Å². The SMILES string of the molecule is CN1C(=O)C(C)(Cc2ccccc2)N(C)C(=O)/C1=C/c1ccccc1-c1ccco1. The van der Waals surface area contributed by atoms with Gasteiger partial charge in [-0.1, -0.05) is 54.6 Å². The minimum absolute atomic E-state index is 0.116. The minimum atomic E-state index is -0.953. The summed E-state index contributed by atoms with van der Waals surface area (Å²) in [7, 11) is 3.36. The van der Waals surface area contributed by atoms with Crippen molar-refractivity contribution in [3.8, 4) is 11.3 Å². The Hall–Kier alpha value is -3.60. The summed E-state index contributed by atoms with van der Waals surface area (Å²) in [6.07, 6.45) is 3.83. The van der Waals surface area contributed by atoms with Crippen molar-refractivity contribution >= 4 is 17.9 Å². The van der Waals surface area contributed by atoms with Gasteiger partial charge in [0.2, 0.25) is 0 Å². The Kier molecular flexibility index (Phi) is 5.04. The number of amides is 2. The molecule has 1 unspecified atom stereocenters. The van der Waals surface area contributed by atoms with Gasteiger partial charge in [0.1, 0.15) is 17.0 Å². The number of piperazine rings is 1. The molecule has 0 aliphatic carbocycles. The topological polar surface area (TPSA) is 53.8 Å². The monoisotopic (exact) mass is 400 g/mol. The number of carbonyl (C=O) groups excluding carboxylic acids is 2. The van der Waals surface area contributed by atoms with Gasteiger partial charge in [0, 0.05) is 26.1 Å². The van der Waals surface area contributed by atoms with Gasteiger partial charge in [0.15, 0.2) is 0 Å². The van der Waals surface area contributed by atoms with Gasteiger partial charge < -0.3 is 14.2 Å². The van der Waals surface area contributed by atoms with Crippen LogP contribution in [0.4, 0.5) is 0 Å². The third kappa shape index (κ3) is 3.32. The summed E-state index contributed by atoms with van der Waals surface area (Å²) in [6.45, 7) is 1.82. The molecule has 0 bridgehead atoms. The van der Waals surface area contributed by atoms with E-state index in [0.717, 1.165) is 16.7 Å². The molecule has 1 aliphatic rings. The van der Waals surface area contributed by atoms with Crippen LogP contribution in [-0.4, -0.2) is 41.2 Å². The molecule has 3 aromatic rings. The predicted molar refractivity (Wildman–Crippen MR) is 116 cm³/mol. The van der Waals surface area contributed by atoms with Crippen molar-refractivity contribution in [2.45, 2.75) is 18.9 Å². The number of hydrogen-bond acceptors (Lipinski definition) is 3. The first-order chi connectivity index (χ1) is 14.4. The fourth-order valence-corrected chi connectivity index (χ4v) is 3.93. The van der Waals surface area contributed by atoms with Gasteiger partial charge >= 0.3 is 0 Å². The van der Waals surface area contributed by atoms with Crippen molar-refractivity contribution in [2.24, 2.45) is 0 Å². The van der Waals surface area contributed by atoms with Gasteiger partial charge in [0.05, 0.1) is 6.26 Å². The summed E-state index contributed by atoms with van der Waals surface area (Å²) >= 11 is 0. The second-order valence-electron chi connectivity index (χ2n) is 7.76. The van der Waals surface area contributed by atoms with Gasteiger partial charge in [0.25, 0.3) is 11.8 Å². The van der Waals surface area contributed by atoms with Gasteiger partial charge in [-0.05, 0) is 36.3 Å². The lowest BCUT2D eigenvalue weighted by atomic mass is 9.87. The molecule has 1 aliphatic heterocycles. The smallest absolute Gasteiger partial charge is 0.271 e. The second-order valence-corrected chi connectivity index (χ2v) is 7.76. The van der Waals surface area contributed by atoms with Crippen LogP contribution in [-0.2, 0) is 16.0 Å². The zero-order chi connectivity index (χ0) is 21.3. The molecule has 4 rings (SSSR count). The lowest BCUT2D eigenvalue weighted by molar-refractivity contribution is -0.155. The molecule has 2 heterocycles. The zero-order valence-corrected chi connectivity index (χ0v) is 17.3. The highest BCUT2D eigenvalue weighted by atomic mass is 16.3. The molecule has 0 saturated carbocycles. The molecular weight excluding hydrogens is 376 g/mol. The van der Waals surface area contributed by atoms with Crippen LogP contribution in [0.15, 0.2) is 83.1 Å². The highest BCUT2D eigenvalue weighted by molar-refractivity contribution is 6.09. The van der Waals surface area contributed by atoms with Crippen molar-refractivity contribution in [2.75, 3.05) is 14.1 Å². The fourth-order valence-electron chi connectivity index (χ4n) is 3.93. The van der Waals surface area contributed by atoms with E-state index in [1.807, 2.05) is 73.7 Å². The van der Waals surface area contributed by atoms with Gasteiger partial charge in [-0.2, -0.15) is 0 Å². The number of benzene rings is 2. The molecule has 0 radical (unpaired) electrons. The van der Waals surface area contributed by atoms with Crippen molar-refractivity contribution in [3.63, 3.8) is 0 Å². The Labute approximate surface area is 176 Å². The first-order valence-corrected chi connectivity index (χ1v) is 9.86. The lowest BCUT2D eigenvalue weighted by Crippen LogP contribution is -2.64. The average molecular weight is 400 g/mol. The number of hydrogen-bond donors (Lipinski definition) is 0. The molecule has 30 heavy (non-hydrogen) atoms. The van der Waals surface area contributed by atoms with Crippen LogP contribution in [0.1, 0.15) is 18.1 Å². The average Bonchev–Trinajstić information content (AvgIpc) is 3.30. The zero-order valence-electron chi connectivity index (χ0n) is 17.3. The summed E-state index contributed by atoms with van der Waals surface area (Å²) in [6, 6.07) is 21.1. The Morgan fingerprint density at radius 1 is 0.933 bits per heavy atom. The second kappa shape index (κ2) is 7.67. The number of furan rings is 1. The van der Waals surface area contributed by atoms with E-state index in [1.54, 1.807) is 31.3 Å². The molecule has 1 aromatic heterocycles. The molecule has 2 amide bonds. The van der Waals surface area contributed by atoms with Gasteiger partial charge in [-0.25, -0.2) is 0 Å². The van der Waals surface area contributed by atoms with Gasteiger partial charge in [-0.3, -0.25) is 9.59 Å². The first kappa shape index (κ1) is 19.7. The summed E-state index contributed by atoms with van der Waals surface area (Å²) in [5.41, 5.74) is 2.08. The van der Waals surface area contributed by atoms with E-state index in [1.165, 1.54) is 4.90 Å². The molecule has 5 heteroatoms. The first-order valence-electron chi connectivity index (χ1n) is 9.86. The Balaban J connectivity index is 1.72. The molecule has 5 nitrogen and oxygen atoms in total. The van der Waals surface area contributed by atoms with Crippen molar-refractivity contribution in [3.05, 3.63) is 89.8 Å². The molecule has 0 spiro atoms. The van der Waals surface area contributed by atoms with E-state index in [2.05, 4.69) is 0 Å². The van der Waals surface area contributed by atoms with E-state index in [9.17, 15) is 9.59 Å². The van der Waals surface area contributed by atoms with E-state index < -0.39 is 5.54 Å². The maximum Gasteiger partial charge on any atom is 0.271 e. The molecule has 1 saturated heterocycles. The number of nitrogens with zero attached hydrogens (tertiary/aromatic N) is 2. The lowest BCUT2D eigenvalue weighted by Gasteiger charge is -2.45. The fraction of sp³-hybridized carbons (Fsp3) is 0.200. The van der Waals surface area contributed by atoms with Crippen LogP contribution < -0.4 is 0 Å². The summed E-state index contributed by atoms with van der Waals surface area (Å²) < 4.78 is 5.54. The van der Waals surface area contributed by atoms with Gasteiger partial charge in [-0.15, -0.1) is 0 Å². The normalized spacial score (nSPS) is 20.8. The Morgan fingerprint density at radius 2 is 1.63 bits per heavy atom. The number of rotatable bonds is 4. The Bertz CT molecular complexity index is 1100. The minimum Gasteiger partial charge on any atom is -0.464 e. The third-order valence-corrected chi connectivity index (χ3v) is 5.82. The van der Waals surface area contributed by atoms with Crippen LogP contribution in [0.5, 0.6) is 0 Å². The van der Waals surface area contributed by atoms with Crippen LogP contribution >= 0.6 is 0 Å². The van der Waals surface area contributed by atoms with Crippen LogP contribution in [0.2, 0.25) is 0 Å². The highest BCUT2D eigenvalue weighted by Gasteiger charge is 2.48. The molecule has 152 valence electrons. The van der Waals surface area contributed by atoms with E-state index in [4.69, 9.17) is 4.42 Å². The van der Waals surface area contributed by atoms with E-state index in [-0.39, 0.29) is 11.8 Å². The maximum atomic E-state index is 13.4.